The molecule has 13 rings (SSSR count). The number of nitrogens with zero attached hydrogens (tertiary/aromatic N) is 2. The lowest BCUT2D eigenvalue weighted by Gasteiger charge is -2.42. The minimum absolute atomic E-state index is 0.0814. The van der Waals surface area contributed by atoms with Crippen LogP contribution >= 0.6 is 0 Å². The molecule has 66 heavy (non-hydrogen) atoms. The van der Waals surface area contributed by atoms with E-state index in [2.05, 4.69) is 221 Å². The average Bonchev–Trinajstić information content (AvgIpc) is 3.32. The molecule has 0 unspecified atom stereocenters. The highest BCUT2D eigenvalue weighted by Crippen LogP contribution is 2.47. The van der Waals surface area contributed by atoms with E-state index in [1.54, 1.807) is 0 Å². The Balaban J connectivity index is 1.06. The highest BCUT2D eigenvalue weighted by atomic mass is 16.5. The third kappa shape index (κ3) is 5.94. The molecule has 0 saturated heterocycles. The first-order valence-corrected chi connectivity index (χ1v) is 23.1. The van der Waals surface area contributed by atoms with E-state index in [-0.39, 0.29) is 13.4 Å². The second-order valence-electron chi connectivity index (χ2n) is 19.0. The molecule has 0 bridgehead atoms. The molecule has 0 aliphatic carbocycles. The van der Waals surface area contributed by atoms with Crippen LogP contribution in [0.5, 0.6) is 23.0 Å². The van der Waals surface area contributed by atoms with Crippen LogP contribution in [0.15, 0.2) is 170 Å². The van der Waals surface area contributed by atoms with Gasteiger partial charge >= 0.3 is 0 Å². The minimum Gasteiger partial charge on any atom is -0.458 e. The number of hydrogen-bond donors (Lipinski definition) is 0. The monoisotopic (exact) mass is 848 g/mol. The molecule has 4 nitrogen and oxygen atoms in total. The Bertz CT molecular complexity index is 3260. The minimum atomic E-state index is -0.0814. The fourth-order valence-electron chi connectivity index (χ4n) is 11.0. The number of rotatable bonds is 4. The first kappa shape index (κ1) is 38.7. The maximum Gasteiger partial charge on any atom is 0.256 e. The van der Waals surface area contributed by atoms with E-state index in [0.717, 1.165) is 78.9 Å². The SMILES string of the molecule is Cc1ccc(-c2cc3c4c(c2)N(c2ccc(C)cc2)c2ccc(C)cc2B4c2cc4c(cc2O3)Oc2cc(-c3ccc(C)cc3)cc3c2B4c2cc(C)ccc2N3c2ccc(C)cc2)cc1. The lowest BCUT2D eigenvalue weighted by molar-refractivity contribution is 0.466. The molecule has 6 heteroatoms. The van der Waals surface area contributed by atoms with Gasteiger partial charge in [0.05, 0.1) is 0 Å². The van der Waals surface area contributed by atoms with Crippen LogP contribution in [-0.4, -0.2) is 13.4 Å². The molecule has 0 amide bonds. The zero-order chi connectivity index (χ0) is 44.5. The maximum atomic E-state index is 7.28. The molecule has 4 aliphatic rings. The Morgan fingerprint density at radius 2 is 0.652 bits per heavy atom. The molecule has 0 N–H and O–H groups in total. The lowest BCUT2D eigenvalue weighted by atomic mass is 9.31. The van der Waals surface area contributed by atoms with E-state index in [4.69, 9.17) is 9.47 Å². The molecular formula is C60H46B2N2O2. The van der Waals surface area contributed by atoms with Gasteiger partial charge in [-0.2, -0.15) is 0 Å². The Morgan fingerprint density at radius 1 is 0.288 bits per heavy atom. The molecule has 0 spiro atoms. The summed E-state index contributed by atoms with van der Waals surface area (Å²) in [5.41, 5.74) is 26.0. The topological polar surface area (TPSA) is 24.9 Å². The predicted octanol–water partition coefficient (Wildman–Crippen LogP) is 11.7. The summed E-state index contributed by atoms with van der Waals surface area (Å²) >= 11 is 0. The first-order chi connectivity index (χ1) is 32.1. The highest BCUT2D eigenvalue weighted by molar-refractivity contribution is 7.02. The van der Waals surface area contributed by atoms with Crippen molar-refractivity contribution in [2.45, 2.75) is 41.5 Å². The van der Waals surface area contributed by atoms with Crippen LogP contribution < -0.4 is 52.1 Å². The van der Waals surface area contributed by atoms with E-state index in [0.29, 0.717) is 0 Å². The van der Waals surface area contributed by atoms with Crippen LogP contribution in [0.1, 0.15) is 33.4 Å². The van der Waals surface area contributed by atoms with Crippen LogP contribution in [0.3, 0.4) is 0 Å². The van der Waals surface area contributed by atoms with Gasteiger partial charge in [0.2, 0.25) is 0 Å². The van der Waals surface area contributed by atoms with Gasteiger partial charge in [0.1, 0.15) is 23.0 Å². The number of aryl methyl sites for hydroxylation is 6. The number of anilines is 6. The smallest absolute Gasteiger partial charge is 0.256 e. The van der Waals surface area contributed by atoms with Crippen LogP contribution in [0.25, 0.3) is 22.3 Å². The van der Waals surface area contributed by atoms with Gasteiger partial charge in [-0.3, -0.25) is 0 Å². The van der Waals surface area contributed by atoms with Gasteiger partial charge in [-0.05, 0) is 157 Å². The van der Waals surface area contributed by atoms with E-state index < -0.39 is 0 Å². The van der Waals surface area contributed by atoms with Gasteiger partial charge in [-0.15, -0.1) is 0 Å². The summed E-state index contributed by atoms with van der Waals surface area (Å²) in [5.74, 6) is 3.40. The predicted molar refractivity (Wildman–Crippen MR) is 277 cm³/mol. The van der Waals surface area contributed by atoms with Crippen molar-refractivity contribution < 1.29 is 9.47 Å². The van der Waals surface area contributed by atoms with Crippen molar-refractivity contribution in [2.24, 2.45) is 0 Å². The Labute approximate surface area is 387 Å². The summed E-state index contributed by atoms with van der Waals surface area (Å²) in [6.45, 7) is 12.8. The molecule has 9 aromatic carbocycles. The Hall–Kier alpha value is -7.69. The largest absolute Gasteiger partial charge is 0.458 e. The summed E-state index contributed by atoms with van der Waals surface area (Å²) in [6, 6.07) is 63.3. The fourth-order valence-corrected chi connectivity index (χ4v) is 11.0. The molecule has 4 heterocycles. The van der Waals surface area contributed by atoms with Crippen molar-refractivity contribution >= 4 is 80.3 Å². The zero-order valence-electron chi connectivity index (χ0n) is 38.0. The van der Waals surface area contributed by atoms with Crippen molar-refractivity contribution in [2.75, 3.05) is 9.80 Å². The van der Waals surface area contributed by atoms with Crippen LogP contribution in [0.4, 0.5) is 34.1 Å². The molecule has 0 radical (unpaired) electrons. The van der Waals surface area contributed by atoms with E-state index >= 15 is 0 Å². The number of hydrogen-bond acceptors (Lipinski definition) is 4. The second kappa shape index (κ2) is 14.4. The summed E-state index contributed by atoms with van der Waals surface area (Å²) in [4.78, 5) is 4.90. The molecule has 0 fully saturated rings. The normalized spacial score (nSPS) is 13.4. The number of ether oxygens (including phenoxy) is 2. The van der Waals surface area contributed by atoms with Crippen molar-refractivity contribution in [1.29, 1.82) is 0 Å². The molecule has 9 aromatic rings. The standard InChI is InChI=1S/C60H46B2N2O2/c1-35-7-17-41(18-8-35)43-29-53-59-57(31-43)65-55-34-56-50(33-49(55)61(59)47-27-39(5)15-25-51(47)63(53)45-21-11-37(3)12-22-45)62-48-28-40(6)16-26-52(48)64(46-23-13-38(4)14-24-46)54-30-44(32-58(66-56)60(54)62)42-19-9-36(2)10-20-42/h7-34H,1-6H3. The molecule has 0 aromatic heterocycles. The van der Waals surface area contributed by atoms with E-state index in [1.807, 2.05) is 0 Å². The van der Waals surface area contributed by atoms with Crippen LogP contribution in [0, 0.1) is 41.5 Å². The van der Waals surface area contributed by atoms with Crippen molar-refractivity contribution in [3.05, 3.63) is 203 Å². The van der Waals surface area contributed by atoms with Crippen LogP contribution in [0.2, 0.25) is 0 Å². The third-order valence-corrected chi connectivity index (χ3v) is 14.3. The Morgan fingerprint density at radius 3 is 1.05 bits per heavy atom. The van der Waals surface area contributed by atoms with Gasteiger partial charge < -0.3 is 19.3 Å². The van der Waals surface area contributed by atoms with E-state index in [1.165, 1.54) is 66.6 Å². The first-order valence-electron chi connectivity index (χ1n) is 23.1. The molecular weight excluding hydrogens is 802 g/mol. The van der Waals surface area contributed by atoms with Crippen molar-refractivity contribution in [1.82, 2.24) is 0 Å². The second-order valence-corrected chi connectivity index (χ2v) is 19.0. The van der Waals surface area contributed by atoms with Gasteiger partial charge in [-0.25, -0.2) is 0 Å². The quantitative estimate of drug-likeness (QED) is 0.165. The summed E-state index contributed by atoms with van der Waals surface area (Å²) in [5, 5.41) is 0. The number of benzene rings is 9. The molecule has 314 valence electrons. The van der Waals surface area contributed by atoms with Crippen LogP contribution in [-0.2, 0) is 0 Å². The van der Waals surface area contributed by atoms with Crippen molar-refractivity contribution in [3.63, 3.8) is 0 Å². The van der Waals surface area contributed by atoms with E-state index in [9.17, 15) is 0 Å². The zero-order valence-corrected chi connectivity index (χ0v) is 38.0. The molecule has 0 saturated carbocycles. The molecule has 4 aliphatic heterocycles. The van der Waals surface area contributed by atoms with Gasteiger partial charge in [-0.1, -0.05) is 137 Å². The Kier molecular flexibility index (Phi) is 8.46. The van der Waals surface area contributed by atoms with Gasteiger partial charge in [0.25, 0.3) is 13.4 Å². The van der Waals surface area contributed by atoms with Crippen molar-refractivity contribution in [3.8, 4) is 45.3 Å². The summed E-state index contributed by atoms with van der Waals surface area (Å²) in [7, 11) is 0. The highest BCUT2D eigenvalue weighted by Gasteiger charge is 2.47. The summed E-state index contributed by atoms with van der Waals surface area (Å²) in [6.07, 6.45) is 0. The maximum absolute atomic E-state index is 7.28. The number of fused-ring (bicyclic) bond motifs is 8. The lowest BCUT2D eigenvalue weighted by Crippen LogP contribution is -2.63. The fraction of sp³-hybridized carbons (Fsp3) is 0.100. The third-order valence-electron chi connectivity index (χ3n) is 14.3. The van der Waals surface area contributed by atoms with Gasteiger partial charge in [0, 0.05) is 40.2 Å². The summed E-state index contributed by atoms with van der Waals surface area (Å²) < 4.78 is 14.6. The molecule has 0 atom stereocenters. The average molecular weight is 849 g/mol. The van der Waals surface area contributed by atoms with Gasteiger partial charge in [0.15, 0.2) is 0 Å².